The number of likely N-dealkylation sites (tertiary alicyclic amines) is 1. The molecular formula is C21H27N3O2. The molecule has 1 heterocycles. The van der Waals surface area contributed by atoms with Crippen molar-refractivity contribution >= 4 is 5.96 Å². The number of aliphatic imine (C=N–C) groups is 1. The van der Waals surface area contributed by atoms with Crippen LogP contribution in [0.25, 0.3) is 0 Å². The van der Waals surface area contributed by atoms with E-state index in [1.54, 1.807) is 7.11 Å². The molecule has 1 saturated heterocycles. The molecule has 1 aliphatic heterocycles. The Labute approximate surface area is 155 Å². The van der Waals surface area contributed by atoms with Crippen LogP contribution in [0.4, 0.5) is 0 Å². The Kier molecular flexibility index (Phi) is 6.50. The van der Waals surface area contributed by atoms with Crippen LogP contribution in [0, 0.1) is 5.92 Å². The molecule has 1 aliphatic rings. The first-order valence-electron chi connectivity index (χ1n) is 9.05. The van der Waals surface area contributed by atoms with Gasteiger partial charge in [0.05, 0.1) is 6.61 Å². The zero-order chi connectivity index (χ0) is 18.2. The molecule has 0 bridgehead atoms. The fourth-order valence-electron chi connectivity index (χ4n) is 3.21. The number of nitrogens with zero attached hydrogens (tertiary/aromatic N) is 2. The van der Waals surface area contributed by atoms with Gasteiger partial charge in [-0.25, -0.2) is 0 Å². The van der Waals surface area contributed by atoms with Crippen LogP contribution in [0.1, 0.15) is 12.0 Å². The van der Waals surface area contributed by atoms with Gasteiger partial charge in [0.1, 0.15) is 11.5 Å². The standard InChI is InChI=1S/C21H27N3O2/c1-22-21(24-13-12-18(15-24)16-25-2)23-14-17-8-10-20(11-9-17)26-19-6-4-3-5-7-19/h3-11,18H,12-16H2,1-2H3,(H,22,23). The molecule has 5 heteroatoms. The van der Waals surface area contributed by atoms with E-state index in [0.717, 1.165) is 50.1 Å². The minimum atomic E-state index is 0.591. The summed E-state index contributed by atoms with van der Waals surface area (Å²) < 4.78 is 11.1. The average molecular weight is 353 g/mol. The summed E-state index contributed by atoms with van der Waals surface area (Å²) >= 11 is 0. The summed E-state index contributed by atoms with van der Waals surface area (Å²) in [6.07, 6.45) is 1.15. The first-order valence-corrected chi connectivity index (χ1v) is 9.05. The Hall–Kier alpha value is -2.53. The third kappa shape index (κ3) is 4.99. The molecule has 0 amide bonds. The van der Waals surface area contributed by atoms with E-state index >= 15 is 0 Å². The van der Waals surface area contributed by atoms with Gasteiger partial charge < -0.3 is 19.7 Å². The number of methoxy groups -OCH3 is 1. The monoisotopic (exact) mass is 353 g/mol. The van der Waals surface area contributed by atoms with Gasteiger partial charge in [-0.2, -0.15) is 0 Å². The fourth-order valence-corrected chi connectivity index (χ4v) is 3.21. The summed E-state index contributed by atoms with van der Waals surface area (Å²) in [7, 11) is 3.60. The summed E-state index contributed by atoms with van der Waals surface area (Å²) in [6.45, 7) is 3.58. The van der Waals surface area contributed by atoms with Crippen molar-refractivity contribution in [3.63, 3.8) is 0 Å². The van der Waals surface area contributed by atoms with Crippen molar-refractivity contribution in [2.24, 2.45) is 10.9 Å². The fraction of sp³-hybridized carbons (Fsp3) is 0.381. The molecule has 26 heavy (non-hydrogen) atoms. The minimum Gasteiger partial charge on any atom is -0.457 e. The number of para-hydroxylation sites is 1. The van der Waals surface area contributed by atoms with Gasteiger partial charge in [-0.05, 0) is 36.2 Å². The quantitative estimate of drug-likeness (QED) is 0.637. The molecule has 5 nitrogen and oxygen atoms in total. The van der Waals surface area contributed by atoms with Crippen molar-refractivity contribution in [2.75, 3.05) is 33.9 Å². The molecule has 138 valence electrons. The topological polar surface area (TPSA) is 46.1 Å². The van der Waals surface area contributed by atoms with Gasteiger partial charge in [0, 0.05) is 39.7 Å². The molecule has 2 aromatic rings. The van der Waals surface area contributed by atoms with Crippen LogP contribution in [0.15, 0.2) is 59.6 Å². The van der Waals surface area contributed by atoms with Crippen LogP contribution < -0.4 is 10.1 Å². The van der Waals surface area contributed by atoms with Crippen molar-refractivity contribution in [1.29, 1.82) is 0 Å². The first-order chi connectivity index (χ1) is 12.8. The van der Waals surface area contributed by atoms with E-state index in [1.807, 2.05) is 49.5 Å². The Balaban J connectivity index is 1.51. The zero-order valence-electron chi connectivity index (χ0n) is 15.5. The van der Waals surface area contributed by atoms with Crippen molar-refractivity contribution in [1.82, 2.24) is 10.2 Å². The van der Waals surface area contributed by atoms with Crippen LogP contribution in [-0.4, -0.2) is 44.7 Å². The molecule has 0 spiro atoms. The van der Waals surface area contributed by atoms with Crippen molar-refractivity contribution < 1.29 is 9.47 Å². The largest absolute Gasteiger partial charge is 0.457 e. The molecule has 1 atom stereocenters. The Morgan fingerprint density at radius 1 is 1.12 bits per heavy atom. The summed E-state index contributed by atoms with van der Waals surface area (Å²) in [5, 5.41) is 3.45. The van der Waals surface area contributed by atoms with E-state index in [9.17, 15) is 0 Å². The van der Waals surface area contributed by atoms with Crippen LogP contribution >= 0.6 is 0 Å². The van der Waals surface area contributed by atoms with Gasteiger partial charge in [0.25, 0.3) is 0 Å². The Morgan fingerprint density at radius 3 is 2.54 bits per heavy atom. The Morgan fingerprint density at radius 2 is 1.85 bits per heavy atom. The highest BCUT2D eigenvalue weighted by atomic mass is 16.5. The second-order valence-corrected chi connectivity index (χ2v) is 6.52. The smallest absolute Gasteiger partial charge is 0.193 e. The zero-order valence-corrected chi connectivity index (χ0v) is 15.5. The summed E-state index contributed by atoms with van der Waals surface area (Å²) in [5.74, 6) is 3.23. The second-order valence-electron chi connectivity index (χ2n) is 6.52. The van der Waals surface area contributed by atoms with Gasteiger partial charge in [-0.1, -0.05) is 30.3 Å². The van der Waals surface area contributed by atoms with Gasteiger partial charge in [0.2, 0.25) is 0 Å². The van der Waals surface area contributed by atoms with Crippen molar-refractivity contribution in [3.8, 4) is 11.5 Å². The molecule has 3 rings (SSSR count). The predicted molar refractivity (Wildman–Crippen MR) is 105 cm³/mol. The average Bonchev–Trinajstić information content (AvgIpc) is 3.13. The molecule has 0 aliphatic carbocycles. The number of hydrogen-bond donors (Lipinski definition) is 1. The van der Waals surface area contributed by atoms with Crippen LogP contribution in [0.3, 0.4) is 0 Å². The maximum absolute atomic E-state index is 5.83. The second kappa shape index (κ2) is 9.25. The number of guanidine groups is 1. The number of hydrogen-bond acceptors (Lipinski definition) is 3. The number of rotatable bonds is 6. The minimum absolute atomic E-state index is 0.591. The molecule has 0 aromatic heterocycles. The lowest BCUT2D eigenvalue weighted by Gasteiger charge is -2.21. The highest BCUT2D eigenvalue weighted by Crippen LogP contribution is 2.21. The number of benzene rings is 2. The lowest BCUT2D eigenvalue weighted by Crippen LogP contribution is -2.39. The van der Waals surface area contributed by atoms with Gasteiger partial charge in [-0.15, -0.1) is 0 Å². The SMILES string of the molecule is CN=C(NCc1ccc(Oc2ccccc2)cc1)N1CCC(COC)C1. The van der Waals surface area contributed by atoms with E-state index in [2.05, 4.69) is 27.3 Å². The maximum atomic E-state index is 5.83. The van der Waals surface area contributed by atoms with Crippen LogP contribution in [0.2, 0.25) is 0 Å². The van der Waals surface area contributed by atoms with Gasteiger partial charge in [0.15, 0.2) is 5.96 Å². The van der Waals surface area contributed by atoms with E-state index in [1.165, 1.54) is 5.56 Å². The van der Waals surface area contributed by atoms with Gasteiger partial charge >= 0.3 is 0 Å². The third-order valence-corrected chi connectivity index (χ3v) is 4.55. The molecule has 1 fully saturated rings. The molecule has 1 unspecified atom stereocenters. The van der Waals surface area contributed by atoms with Crippen LogP contribution in [0.5, 0.6) is 11.5 Å². The highest BCUT2D eigenvalue weighted by molar-refractivity contribution is 5.80. The number of nitrogens with one attached hydrogen (secondary N) is 1. The Bertz CT molecular complexity index is 701. The molecule has 0 radical (unpaired) electrons. The normalized spacial score (nSPS) is 17.4. The highest BCUT2D eigenvalue weighted by Gasteiger charge is 2.24. The number of ether oxygens (including phenoxy) is 2. The third-order valence-electron chi connectivity index (χ3n) is 4.55. The lowest BCUT2D eigenvalue weighted by molar-refractivity contribution is 0.157. The molecule has 2 aromatic carbocycles. The lowest BCUT2D eigenvalue weighted by atomic mass is 10.1. The molecular weight excluding hydrogens is 326 g/mol. The van der Waals surface area contributed by atoms with Crippen LogP contribution in [-0.2, 0) is 11.3 Å². The van der Waals surface area contributed by atoms with Gasteiger partial charge in [-0.3, -0.25) is 4.99 Å². The predicted octanol–water partition coefficient (Wildman–Crippen LogP) is 3.52. The summed E-state index contributed by atoms with van der Waals surface area (Å²) in [6, 6.07) is 18.0. The van der Waals surface area contributed by atoms with E-state index in [4.69, 9.17) is 9.47 Å². The first kappa shape index (κ1) is 18.3. The summed E-state index contributed by atoms with van der Waals surface area (Å²) in [5.41, 5.74) is 1.19. The molecule has 1 N–H and O–H groups in total. The summed E-state index contributed by atoms with van der Waals surface area (Å²) in [4.78, 5) is 6.72. The van der Waals surface area contributed by atoms with E-state index in [-0.39, 0.29) is 0 Å². The van der Waals surface area contributed by atoms with Crippen molar-refractivity contribution in [3.05, 3.63) is 60.2 Å². The van der Waals surface area contributed by atoms with Crippen molar-refractivity contribution in [2.45, 2.75) is 13.0 Å². The molecule has 0 saturated carbocycles. The maximum Gasteiger partial charge on any atom is 0.193 e. The van der Waals surface area contributed by atoms with E-state index < -0.39 is 0 Å². The van der Waals surface area contributed by atoms with E-state index in [0.29, 0.717) is 5.92 Å².